The number of unbranched alkanes of at least 4 members (excludes halogenated alkanes) is 3. The number of hydrogen-bond donors (Lipinski definition) is 1. The molecule has 1 rings (SSSR count). The Hall–Kier alpha value is -2.14. The molecule has 0 radical (unpaired) electrons. The molecule has 11 nitrogen and oxygen atoms in total. The Labute approximate surface area is 250 Å². The Morgan fingerprint density at radius 3 is 2.55 bits per heavy atom. The monoisotopic (exact) mass is 615 g/mol. The smallest absolute Gasteiger partial charge is 0.306 e. The zero-order chi connectivity index (χ0) is 31.6. The number of nitrogens with zero attached hydrogens (tertiary/aromatic N) is 1. The van der Waals surface area contributed by atoms with Gasteiger partial charge >= 0.3 is 11.9 Å². The van der Waals surface area contributed by atoms with Crippen LogP contribution in [0.4, 0.5) is 0 Å². The lowest BCUT2D eigenvalue weighted by Gasteiger charge is -2.28. The Kier molecular flexibility index (Phi) is 18.0. The van der Waals surface area contributed by atoms with Gasteiger partial charge < -0.3 is 33.0 Å². The molecular weight excluding hydrogens is 565 g/mol. The van der Waals surface area contributed by atoms with Crippen LogP contribution in [0.25, 0.3) is 0 Å². The maximum Gasteiger partial charge on any atom is 0.306 e. The fourth-order valence-electron chi connectivity index (χ4n) is 4.02. The van der Waals surface area contributed by atoms with E-state index >= 15 is 0 Å². The molecule has 0 spiro atoms. The number of ketones is 1. The first kappa shape index (κ1) is 37.9. The summed E-state index contributed by atoms with van der Waals surface area (Å²) in [4.78, 5) is 47.8. The minimum absolute atomic E-state index is 0.0216. The van der Waals surface area contributed by atoms with Crippen molar-refractivity contribution in [3.63, 3.8) is 0 Å². The number of rotatable bonds is 22. The van der Waals surface area contributed by atoms with Gasteiger partial charge in [0, 0.05) is 19.3 Å². The van der Waals surface area contributed by atoms with Crippen molar-refractivity contribution in [1.29, 1.82) is 0 Å². The quantitative estimate of drug-likeness (QED) is 0.0629. The van der Waals surface area contributed by atoms with Gasteiger partial charge in [-0.1, -0.05) is 56.6 Å². The Balaban J connectivity index is 2.45. The molecule has 5 atom stereocenters. The highest BCUT2D eigenvalue weighted by Crippen LogP contribution is 2.38. The van der Waals surface area contributed by atoms with Crippen LogP contribution < -0.4 is 4.89 Å². The second-order valence-corrected chi connectivity index (χ2v) is 12.9. The van der Waals surface area contributed by atoms with Crippen LogP contribution in [0.5, 0.6) is 0 Å². The van der Waals surface area contributed by atoms with Crippen molar-refractivity contribution in [2.24, 2.45) is 11.8 Å². The van der Waals surface area contributed by atoms with E-state index in [0.29, 0.717) is 36.7 Å². The molecule has 0 aliphatic heterocycles. The van der Waals surface area contributed by atoms with Crippen LogP contribution in [-0.2, 0) is 37.5 Å². The summed E-state index contributed by atoms with van der Waals surface area (Å²) in [6.07, 6.45) is 14.9. The van der Waals surface area contributed by atoms with Crippen LogP contribution in [0.2, 0.25) is 0 Å². The Bertz CT molecular complexity index is 972. The van der Waals surface area contributed by atoms with Crippen molar-refractivity contribution in [2.45, 2.75) is 77.4 Å². The van der Waals surface area contributed by atoms with E-state index in [2.05, 4.69) is 6.92 Å². The molecular formula is C30H50NO10P. The summed E-state index contributed by atoms with van der Waals surface area (Å²) in [5.74, 6) is -1.42. The number of allylic oxidation sites excluding steroid dienone is 5. The first-order valence-corrected chi connectivity index (χ1v) is 16.2. The van der Waals surface area contributed by atoms with Gasteiger partial charge in [0.2, 0.25) is 0 Å². The minimum Gasteiger partial charge on any atom is -0.756 e. The number of likely N-dealkylation sites (N-methyl/N-ethyl adjacent to an activating group) is 1. The largest absolute Gasteiger partial charge is 0.756 e. The molecule has 0 heterocycles. The van der Waals surface area contributed by atoms with E-state index in [0.717, 1.165) is 19.3 Å². The Morgan fingerprint density at radius 1 is 1.14 bits per heavy atom. The van der Waals surface area contributed by atoms with Crippen molar-refractivity contribution < 1.29 is 52.0 Å². The number of phosphoric acid groups is 1. The van der Waals surface area contributed by atoms with E-state index in [1.165, 1.54) is 6.92 Å². The van der Waals surface area contributed by atoms with Crippen LogP contribution in [0.15, 0.2) is 36.5 Å². The van der Waals surface area contributed by atoms with Crippen molar-refractivity contribution in [3.05, 3.63) is 36.5 Å². The number of esters is 2. The van der Waals surface area contributed by atoms with Gasteiger partial charge in [0.05, 0.1) is 33.9 Å². The summed E-state index contributed by atoms with van der Waals surface area (Å²) < 4.78 is 32.4. The maximum absolute atomic E-state index is 12.3. The van der Waals surface area contributed by atoms with Crippen LogP contribution in [-0.4, -0.2) is 87.0 Å². The van der Waals surface area contributed by atoms with Crippen LogP contribution in [0, 0.1) is 11.8 Å². The average Bonchev–Trinajstić information content (AvgIpc) is 3.24. The summed E-state index contributed by atoms with van der Waals surface area (Å²) in [6, 6.07) is 0. The molecule has 1 aliphatic carbocycles. The fraction of sp³-hybridized carbons (Fsp3) is 0.700. The maximum atomic E-state index is 12.3. The highest BCUT2D eigenvalue weighted by atomic mass is 31.2. The zero-order valence-electron chi connectivity index (χ0n) is 25.8. The molecule has 1 N–H and O–H groups in total. The standard InChI is InChI=1S/C30H50NO10P/c1-6-7-10-14-26(33)17-18-28-25(16-19-29(28)34)13-11-8-9-12-15-30(35)41-27(22-38-24(2)32)23-40-42(36,37)39-21-20-31(3,4)5/h8,11,16-19,25-28,33H,6-7,9-10,12-15,20-23H2,1-5H3/b11-8-,18-17+/t25-,26-,27+,28+/m0/s1. The molecule has 0 bridgehead atoms. The zero-order valence-corrected chi connectivity index (χ0v) is 26.7. The minimum atomic E-state index is -4.63. The molecule has 12 heteroatoms. The van der Waals surface area contributed by atoms with Crippen LogP contribution in [0.3, 0.4) is 0 Å². The van der Waals surface area contributed by atoms with Gasteiger partial charge in [-0.25, -0.2) is 0 Å². The summed E-state index contributed by atoms with van der Waals surface area (Å²) in [6.45, 7) is 2.78. The number of aliphatic hydroxyl groups excluding tert-OH is 1. The topological polar surface area (TPSA) is 148 Å². The molecule has 0 aromatic heterocycles. The number of hydrogen-bond acceptors (Lipinski definition) is 10. The van der Waals surface area contributed by atoms with E-state index < -0.39 is 38.6 Å². The SMILES string of the molecule is CCCCC[C@H](O)/C=C/[C@H]1C(=O)C=C[C@@H]1C/C=C\CCCC(=O)O[C@H](COC(C)=O)COP(=O)([O-])OCC[N+](C)(C)C. The first-order valence-electron chi connectivity index (χ1n) is 14.7. The lowest BCUT2D eigenvalue weighted by Crippen LogP contribution is -2.37. The van der Waals surface area contributed by atoms with Crippen molar-refractivity contribution in [2.75, 3.05) is 47.5 Å². The van der Waals surface area contributed by atoms with E-state index in [9.17, 15) is 28.9 Å². The molecule has 0 amide bonds. The molecule has 0 saturated heterocycles. The predicted octanol–water partition coefficient (Wildman–Crippen LogP) is 3.65. The predicted molar refractivity (Wildman–Crippen MR) is 157 cm³/mol. The first-order chi connectivity index (χ1) is 19.7. The normalized spacial score (nSPS) is 20.2. The third-order valence-corrected chi connectivity index (χ3v) is 7.43. The van der Waals surface area contributed by atoms with E-state index in [1.54, 1.807) is 12.2 Å². The molecule has 1 unspecified atom stereocenters. The molecule has 0 aromatic rings. The molecule has 0 saturated carbocycles. The van der Waals surface area contributed by atoms with Crippen LogP contribution >= 0.6 is 7.82 Å². The lowest BCUT2D eigenvalue weighted by atomic mass is 9.90. The molecule has 0 fully saturated rings. The third kappa shape index (κ3) is 18.4. The number of phosphoric ester groups is 1. The second kappa shape index (κ2) is 19.9. The van der Waals surface area contributed by atoms with E-state index in [4.69, 9.17) is 18.5 Å². The summed E-state index contributed by atoms with van der Waals surface area (Å²) in [7, 11) is 1.02. The molecule has 0 aromatic carbocycles. The number of carbonyl (C=O) groups excluding carboxylic acids is 3. The number of ether oxygens (including phenoxy) is 2. The van der Waals surface area contributed by atoms with Gasteiger partial charge in [-0.15, -0.1) is 0 Å². The van der Waals surface area contributed by atoms with Crippen molar-refractivity contribution in [3.8, 4) is 0 Å². The van der Waals surface area contributed by atoms with Gasteiger partial charge in [0.25, 0.3) is 7.82 Å². The summed E-state index contributed by atoms with van der Waals surface area (Å²) >= 11 is 0. The highest BCUT2D eigenvalue weighted by Gasteiger charge is 2.27. The summed E-state index contributed by atoms with van der Waals surface area (Å²) in [5, 5.41) is 10.1. The second-order valence-electron chi connectivity index (χ2n) is 11.5. The van der Waals surface area contributed by atoms with Gasteiger partial charge in [-0.05, 0) is 37.7 Å². The average molecular weight is 616 g/mol. The molecule has 42 heavy (non-hydrogen) atoms. The van der Waals surface area contributed by atoms with Crippen molar-refractivity contribution >= 4 is 25.5 Å². The van der Waals surface area contributed by atoms with E-state index in [-0.39, 0.29) is 37.3 Å². The van der Waals surface area contributed by atoms with Gasteiger partial charge in [-0.3, -0.25) is 18.9 Å². The van der Waals surface area contributed by atoms with Crippen molar-refractivity contribution in [1.82, 2.24) is 0 Å². The number of quaternary nitrogens is 1. The molecule has 1 aliphatic rings. The number of carbonyl (C=O) groups is 3. The van der Waals surface area contributed by atoms with Crippen LogP contribution in [0.1, 0.15) is 65.2 Å². The van der Waals surface area contributed by atoms with E-state index in [1.807, 2.05) is 45.4 Å². The lowest BCUT2D eigenvalue weighted by molar-refractivity contribution is -0.870. The highest BCUT2D eigenvalue weighted by molar-refractivity contribution is 7.45. The third-order valence-electron chi connectivity index (χ3n) is 6.47. The van der Waals surface area contributed by atoms with Gasteiger partial charge in [0.1, 0.15) is 19.8 Å². The fourth-order valence-corrected chi connectivity index (χ4v) is 4.74. The van der Waals surface area contributed by atoms with Gasteiger partial charge in [-0.2, -0.15) is 0 Å². The number of aliphatic hydroxyl groups is 1. The Morgan fingerprint density at radius 2 is 1.88 bits per heavy atom. The summed E-state index contributed by atoms with van der Waals surface area (Å²) in [5.41, 5.74) is 0. The van der Waals surface area contributed by atoms with Gasteiger partial charge in [0.15, 0.2) is 11.9 Å². The molecule has 240 valence electrons.